The molecule has 1 aromatic carbocycles. The summed E-state index contributed by atoms with van der Waals surface area (Å²) in [5.74, 6) is 0. The number of rotatable bonds is 6. The van der Waals surface area contributed by atoms with Gasteiger partial charge < -0.3 is 5.32 Å². The first-order chi connectivity index (χ1) is 11.8. The minimum atomic E-state index is -4.39. The van der Waals surface area contributed by atoms with Gasteiger partial charge in [0, 0.05) is 7.05 Å². The Kier molecular flexibility index (Phi) is 7.25. The lowest BCUT2D eigenvalue weighted by atomic mass is 9.95. The van der Waals surface area contributed by atoms with Gasteiger partial charge in [0.15, 0.2) is 0 Å². The summed E-state index contributed by atoms with van der Waals surface area (Å²) in [5, 5.41) is 12.1. The highest BCUT2D eigenvalue weighted by molar-refractivity contribution is 5.76. The van der Waals surface area contributed by atoms with E-state index in [4.69, 9.17) is 0 Å². The number of nitrogens with one attached hydrogen (secondary N) is 1. The topological polar surface area (TPSA) is 35.8 Å². The van der Waals surface area contributed by atoms with Crippen molar-refractivity contribution in [3.05, 3.63) is 77.0 Å². The summed E-state index contributed by atoms with van der Waals surface area (Å²) in [6, 6.07) is 7.26. The van der Waals surface area contributed by atoms with Crippen molar-refractivity contribution in [2.24, 2.45) is 0 Å². The zero-order valence-electron chi connectivity index (χ0n) is 14.5. The predicted octanol–water partition coefficient (Wildman–Crippen LogP) is 5.63. The highest BCUT2D eigenvalue weighted by atomic mass is 19.4. The number of nitrogens with zero attached hydrogens (tertiary/aromatic N) is 1. The van der Waals surface area contributed by atoms with Gasteiger partial charge >= 0.3 is 6.18 Å². The van der Waals surface area contributed by atoms with Crippen molar-refractivity contribution in [3.8, 4) is 6.07 Å². The van der Waals surface area contributed by atoms with Crippen molar-refractivity contribution >= 4 is 5.57 Å². The second-order valence-electron chi connectivity index (χ2n) is 5.20. The molecule has 0 saturated carbocycles. The average Bonchev–Trinajstić information content (AvgIpc) is 2.60. The number of nitriles is 1. The van der Waals surface area contributed by atoms with Crippen molar-refractivity contribution in [1.29, 1.82) is 5.26 Å². The monoisotopic (exact) mass is 346 g/mol. The maximum atomic E-state index is 12.9. The Bertz CT molecular complexity index is 760. The fraction of sp³-hybridized carbons (Fsp3) is 0.250. The first-order valence-corrected chi connectivity index (χ1v) is 7.81. The van der Waals surface area contributed by atoms with E-state index in [2.05, 4.69) is 18.0 Å². The molecule has 0 amide bonds. The minimum Gasteiger partial charge on any atom is -0.379 e. The van der Waals surface area contributed by atoms with Crippen molar-refractivity contribution < 1.29 is 13.2 Å². The Morgan fingerprint density at radius 2 is 2.04 bits per heavy atom. The van der Waals surface area contributed by atoms with Crippen molar-refractivity contribution in [2.75, 3.05) is 7.05 Å². The van der Waals surface area contributed by atoms with Gasteiger partial charge in [-0.1, -0.05) is 37.8 Å². The van der Waals surface area contributed by atoms with Gasteiger partial charge in [0.2, 0.25) is 0 Å². The van der Waals surface area contributed by atoms with E-state index in [1.807, 2.05) is 6.92 Å². The van der Waals surface area contributed by atoms with Gasteiger partial charge in [0.05, 0.1) is 5.56 Å². The van der Waals surface area contributed by atoms with E-state index in [0.717, 1.165) is 17.7 Å². The molecule has 0 atom stereocenters. The first-order valence-electron chi connectivity index (χ1n) is 7.81. The van der Waals surface area contributed by atoms with Crippen LogP contribution in [0.4, 0.5) is 13.2 Å². The molecule has 25 heavy (non-hydrogen) atoms. The molecule has 0 fully saturated rings. The largest absolute Gasteiger partial charge is 0.416 e. The molecule has 1 aromatic rings. The molecule has 1 rings (SSSR count). The van der Waals surface area contributed by atoms with Crippen LogP contribution in [-0.4, -0.2) is 7.05 Å². The van der Waals surface area contributed by atoms with Crippen LogP contribution in [0.15, 0.2) is 65.9 Å². The van der Waals surface area contributed by atoms with Crippen LogP contribution < -0.4 is 5.32 Å². The van der Waals surface area contributed by atoms with Crippen LogP contribution in [0.2, 0.25) is 0 Å². The fourth-order valence-corrected chi connectivity index (χ4v) is 2.44. The van der Waals surface area contributed by atoms with Crippen molar-refractivity contribution in [2.45, 2.75) is 26.4 Å². The Morgan fingerprint density at radius 3 is 2.48 bits per heavy atom. The molecule has 2 nitrogen and oxygen atoms in total. The standard InChI is InChI=1S/C20H21F3N2/c1-5-14(16-9-8-10-17(12-16)20(21,22)23)11-15(6-2)18(7-3)19(13-24)25-4/h5-6,8-12,25H,2,7H2,1,3-4H3/b14-5+,15-11+,19-18+. The molecule has 5 heteroatoms. The van der Waals surface area contributed by atoms with Gasteiger partial charge in [-0.25, -0.2) is 0 Å². The third-order valence-corrected chi connectivity index (χ3v) is 3.73. The van der Waals surface area contributed by atoms with Gasteiger partial charge in [-0.15, -0.1) is 0 Å². The second-order valence-corrected chi connectivity index (χ2v) is 5.20. The summed E-state index contributed by atoms with van der Waals surface area (Å²) < 4.78 is 38.8. The summed E-state index contributed by atoms with van der Waals surface area (Å²) in [6.07, 6.45) is 1.27. The van der Waals surface area contributed by atoms with Gasteiger partial charge in [0.25, 0.3) is 0 Å². The van der Waals surface area contributed by atoms with Crippen LogP contribution in [0, 0.1) is 11.3 Å². The van der Waals surface area contributed by atoms with E-state index < -0.39 is 11.7 Å². The highest BCUT2D eigenvalue weighted by Gasteiger charge is 2.30. The summed E-state index contributed by atoms with van der Waals surface area (Å²) in [6.45, 7) is 7.43. The quantitative estimate of drug-likeness (QED) is 0.535. The predicted molar refractivity (Wildman–Crippen MR) is 95.4 cm³/mol. The third kappa shape index (κ3) is 5.12. The Labute approximate surface area is 146 Å². The van der Waals surface area contributed by atoms with E-state index in [9.17, 15) is 18.4 Å². The van der Waals surface area contributed by atoms with Gasteiger partial charge in [-0.05, 0) is 53.8 Å². The molecule has 0 spiro atoms. The lowest BCUT2D eigenvalue weighted by molar-refractivity contribution is -0.137. The number of alkyl halides is 3. The zero-order valence-corrected chi connectivity index (χ0v) is 14.5. The van der Waals surface area contributed by atoms with Gasteiger partial charge in [0.1, 0.15) is 11.8 Å². The Hall–Kier alpha value is -2.74. The third-order valence-electron chi connectivity index (χ3n) is 3.73. The summed E-state index contributed by atoms with van der Waals surface area (Å²) >= 11 is 0. The maximum absolute atomic E-state index is 12.9. The molecule has 0 unspecified atom stereocenters. The Balaban J connectivity index is 3.46. The average molecular weight is 346 g/mol. The molecule has 0 aromatic heterocycles. The molecule has 0 aliphatic rings. The molecule has 0 radical (unpaired) electrons. The number of benzene rings is 1. The van der Waals surface area contributed by atoms with Crippen molar-refractivity contribution in [1.82, 2.24) is 5.32 Å². The second kappa shape index (κ2) is 8.93. The first kappa shape index (κ1) is 20.3. The van der Waals surface area contributed by atoms with E-state index in [0.29, 0.717) is 28.8 Å². The summed E-state index contributed by atoms with van der Waals surface area (Å²) in [4.78, 5) is 0. The summed E-state index contributed by atoms with van der Waals surface area (Å²) in [5.41, 5.74) is 2.24. The van der Waals surface area contributed by atoms with Crippen LogP contribution >= 0.6 is 0 Å². The van der Waals surface area contributed by atoms with Gasteiger partial charge in [-0.3, -0.25) is 0 Å². The molecular formula is C20H21F3N2. The van der Waals surface area contributed by atoms with E-state index in [1.54, 1.807) is 38.3 Å². The number of halogens is 3. The fourth-order valence-electron chi connectivity index (χ4n) is 2.44. The van der Waals surface area contributed by atoms with Gasteiger partial charge in [-0.2, -0.15) is 18.4 Å². The Morgan fingerprint density at radius 1 is 1.36 bits per heavy atom. The minimum absolute atomic E-state index is 0.410. The number of allylic oxidation sites excluding steroid dienone is 7. The van der Waals surface area contributed by atoms with Crippen molar-refractivity contribution in [3.63, 3.8) is 0 Å². The van der Waals surface area contributed by atoms with E-state index in [1.165, 1.54) is 6.07 Å². The lowest BCUT2D eigenvalue weighted by Gasteiger charge is -2.13. The van der Waals surface area contributed by atoms with E-state index >= 15 is 0 Å². The number of hydrogen-bond donors (Lipinski definition) is 1. The molecule has 0 bridgehead atoms. The number of hydrogen-bond acceptors (Lipinski definition) is 2. The van der Waals surface area contributed by atoms with Crippen LogP contribution in [-0.2, 0) is 6.18 Å². The van der Waals surface area contributed by atoms with Crippen LogP contribution in [0.1, 0.15) is 31.4 Å². The lowest BCUT2D eigenvalue weighted by Crippen LogP contribution is -2.08. The SMILES string of the molecule is C=CC(=C\C(=C/C)c1cccc(C(F)(F)F)c1)/C(CC)=C(\C#N)NC. The summed E-state index contributed by atoms with van der Waals surface area (Å²) in [7, 11) is 1.65. The molecule has 0 saturated heterocycles. The molecular weight excluding hydrogens is 325 g/mol. The normalized spacial score (nSPS) is 13.8. The molecule has 0 aliphatic heterocycles. The van der Waals surface area contributed by atoms with E-state index in [-0.39, 0.29) is 0 Å². The maximum Gasteiger partial charge on any atom is 0.416 e. The molecule has 0 aliphatic carbocycles. The molecule has 1 N–H and O–H groups in total. The van der Waals surface area contributed by atoms with Crippen LogP contribution in [0.3, 0.4) is 0 Å². The highest BCUT2D eigenvalue weighted by Crippen LogP contribution is 2.32. The van der Waals surface area contributed by atoms with Crippen LogP contribution in [0.5, 0.6) is 0 Å². The molecule has 0 heterocycles. The van der Waals surface area contributed by atoms with Crippen LogP contribution in [0.25, 0.3) is 5.57 Å². The molecule has 132 valence electrons. The smallest absolute Gasteiger partial charge is 0.379 e. The zero-order chi connectivity index (χ0) is 19.0.